The third kappa shape index (κ3) is 3.87. The molecular weight excluding hydrogens is 378 g/mol. The van der Waals surface area contributed by atoms with E-state index in [1.807, 2.05) is 12.1 Å². The zero-order valence-corrected chi connectivity index (χ0v) is 16.7. The Kier molecular flexibility index (Phi) is 5.42. The van der Waals surface area contributed by atoms with Crippen LogP contribution in [0.5, 0.6) is 0 Å². The summed E-state index contributed by atoms with van der Waals surface area (Å²) in [7, 11) is 0. The van der Waals surface area contributed by atoms with Gasteiger partial charge < -0.3 is 10.6 Å². The summed E-state index contributed by atoms with van der Waals surface area (Å²) < 4.78 is 0. The predicted molar refractivity (Wildman–Crippen MR) is 108 cm³/mol. The fourth-order valence-electron chi connectivity index (χ4n) is 3.11. The number of carbonyl (C=O) groups is 3. The summed E-state index contributed by atoms with van der Waals surface area (Å²) >= 11 is 5.89. The third-order valence-corrected chi connectivity index (χ3v) is 5.11. The van der Waals surface area contributed by atoms with Crippen LogP contribution in [0.1, 0.15) is 37.8 Å². The highest BCUT2D eigenvalue weighted by Crippen LogP contribution is 2.29. The second-order valence-electron chi connectivity index (χ2n) is 7.28. The van der Waals surface area contributed by atoms with Gasteiger partial charge in [0, 0.05) is 10.7 Å². The fraction of sp³-hybridized carbons (Fsp3) is 0.286. The van der Waals surface area contributed by atoms with Crippen molar-refractivity contribution in [3.05, 3.63) is 64.7 Å². The molecule has 0 saturated carbocycles. The Morgan fingerprint density at radius 2 is 1.71 bits per heavy atom. The normalized spacial score (nSPS) is 19.1. The van der Waals surface area contributed by atoms with E-state index in [1.165, 1.54) is 0 Å². The van der Waals surface area contributed by atoms with E-state index >= 15 is 0 Å². The van der Waals surface area contributed by atoms with Gasteiger partial charge in [-0.2, -0.15) is 0 Å². The highest BCUT2D eigenvalue weighted by Gasteiger charge is 2.49. The van der Waals surface area contributed by atoms with E-state index in [1.54, 1.807) is 43.3 Å². The molecule has 1 saturated heterocycles. The van der Waals surface area contributed by atoms with E-state index in [2.05, 4.69) is 24.5 Å². The van der Waals surface area contributed by atoms with Gasteiger partial charge in [0.25, 0.3) is 5.91 Å². The van der Waals surface area contributed by atoms with Gasteiger partial charge in [-0.1, -0.05) is 49.7 Å². The molecule has 2 N–H and O–H groups in total. The molecule has 2 aromatic carbocycles. The molecular formula is C21H22ClN3O3. The fourth-order valence-corrected chi connectivity index (χ4v) is 3.24. The molecule has 0 aromatic heterocycles. The first kappa shape index (κ1) is 19.9. The summed E-state index contributed by atoms with van der Waals surface area (Å²) in [6, 6.07) is 13.5. The number of benzene rings is 2. The first-order chi connectivity index (χ1) is 13.2. The van der Waals surface area contributed by atoms with E-state index in [-0.39, 0.29) is 6.54 Å². The van der Waals surface area contributed by atoms with Gasteiger partial charge in [0.2, 0.25) is 5.91 Å². The molecule has 146 valence electrons. The smallest absolute Gasteiger partial charge is 0.325 e. The van der Waals surface area contributed by atoms with Crippen LogP contribution in [0.4, 0.5) is 10.5 Å². The van der Waals surface area contributed by atoms with Crippen molar-refractivity contribution in [3.8, 4) is 0 Å². The lowest BCUT2D eigenvalue weighted by Crippen LogP contribution is -2.42. The highest BCUT2D eigenvalue weighted by molar-refractivity contribution is 6.30. The van der Waals surface area contributed by atoms with Gasteiger partial charge in [0.1, 0.15) is 12.1 Å². The van der Waals surface area contributed by atoms with Crippen LogP contribution in [0.2, 0.25) is 5.02 Å². The van der Waals surface area contributed by atoms with E-state index < -0.39 is 23.4 Å². The molecule has 4 amide bonds. The van der Waals surface area contributed by atoms with Gasteiger partial charge in [-0.05, 0) is 48.2 Å². The van der Waals surface area contributed by atoms with Crippen LogP contribution in [0.3, 0.4) is 0 Å². The molecule has 7 heteroatoms. The molecule has 0 aliphatic carbocycles. The standard InChI is InChI=1S/C21H22ClN3O3/c1-13(2)14-4-10-17(11-5-14)23-18(26)12-25-19(27)21(3,24-20(25)28)15-6-8-16(22)9-7-15/h4-11,13H,12H2,1-3H3,(H,23,26)(H,24,28). The van der Waals surface area contributed by atoms with Crippen molar-refractivity contribution in [2.75, 3.05) is 11.9 Å². The zero-order chi connectivity index (χ0) is 20.5. The van der Waals surface area contributed by atoms with Gasteiger partial charge in [0.15, 0.2) is 0 Å². The van der Waals surface area contributed by atoms with Gasteiger partial charge >= 0.3 is 6.03 Å². The maximum Gasteiger partial charge on any atom is 0.325 e. The Bertz CT molecular complexity index is 909. The number of nitrogens with zero attached hydrogens (tertiary/aromatic N) is 1. The van der Waals surface area contributed by atoms with Gasteiger partial charge in [-0.3, -0.25) is 14.5 Å². The minimum atomic E-state index is -1.24. The molecule has 0 radical (unpaired) electrons. The van der Waals surface area contributed by atoms with E-state index in [0.29, 0.717) is 22.2 Å². The lowest BCUT2D eigenvalue weighted by molar-refractivity contribution is -0.133. The average molecular weight is 400 g/mol. The van der Waals surface area contributed by atoms with E-state index in [0.717, 1.165) is 10.5 Å². The van der Waals surface area contributed by atoms with Crippen molar-refractivity contribution in [1.82, 2.24) is 10.2 Å². The lowest BCUT2D eigenvalue weighted by atomic mass is 9.92. The van der Waals surface area contributed by atoms with Crippen molar-refractivity contribution < 1.29 is 14.4 Å². The first-order valence-corrected chi connectivity index (χ1v) is 9.38. The summed E-state index contributed by atoms with van der Waals surface area (Å²) in [6.07, 6.45) is 0. The molecule has 2 aromatic rings. The molecule has 6 nitrogen and oxygen atoms in total. The average Bonchev–Trinajstić information content (AvgIpc) is 2.86. The predicted octanol–water partition coefficient (Wildman–Crippen LogP) is 3.87. The lowest BCUT2D eigenvalue weighted by Gasteiger charge is -2.22. The number of rotatable bonds is 5. The molecule has 1 heterocycles. The first-order valence-electron chi connectivity index (χ1n) is 9.00. The van der Waals surface area contributed by atoms with Crippen molar-refractivity contribution in [3.63, 3.8) is 0 Å². The number of halogens is 1. The summed E-state index contributed by atoms with van der Waals surface area (Å²) in [5.41, 5.74) is 1.14. The van der Waals surface area contributed by atoms with Crippen LogP contribution in [-0.2, 0) is 15.1 Å². The van der Waals surface area contributed by atoms with Crippen molar-refractivity contribution in [2.24, 2.45) is 0 Å². The maximum atomic E-state index is 12.9. The van der Waals surface area contributed by atoms with Crippen LogP contribution in [0.15, 0.2) is 48.5 Å². The number of urea groups is 1. The summed E-state index contributed by atoms with van der Waals surface area (Å²) in [4.78, 5) is 38.5. The van der Waals surface area contributed by atoms with Crippen LogP contribution in [0.25, 0.3) is 0 Å². The van der Waals surface area contributed by atoms with Gasteiger partial charge in [-0.15, -0.1) is 0 Å². The summed E-state index contributed by atoms with van der Waals surface area (Å²) in [5.74, 6) is -0.535. The Hall–Kier alpha value is -2.86. The van der Waals surface area contributed by atoms with Crippen LogP contribution < -0.4 is 10.6 Å². The minimum Gasteiger partial charge on any atom is -0.325 e. The Morgan fingerprint density at radius 1 is 1.11 bits per heavy atom. The zero-order valence-electron chi connectivity index (χ0n) is 16.0. The number of hydrogen-bond donors (Lipinski definition) is 2. The second kappa shape index (κ2) is 7.64. The van der Waals surface area contributed by atoms with Gasteiger partial charge in [0.05, 0.1) is 0 Å². The Balaban J connectivity index is 1.70. The quantitative estimate of drug-likeness (QED) is 0.749. The second-order valence-corrected chi connectivity index (χ2v) is 7.71. The summed E-state index contributed by atoms with van der Waals surface area (Å²) in [6.45, 7) is 5.42. The van der Waals surface area contributed by atoms with Crippen LogP contribution in [0, 0.1) is 0 Å². The topological polar surface area (TPSA) is 78.5 Å². The van der Waals surface area contributed by atoms with E-state index in [4.69, 9.17) is 11.6 Å². The maximum absolute atomic E-state index is 12.9. The minimum absolute atomic E-state index is 0.361. The molecule has 1 atom stereocenters. The van der Waals surface area contributed by atoms with Crippen molar-refractivity contribution in [1.29, 1.82) is 0 Å². The molecule has 1 aliphatic heterocycles. The third-order valence-electron chi connectivity index (χ3n) is 4.86. The monoisotopic (exact) mass is 399 g/mol. The molecule has 0 bridgehead atoms. The van der Waals surface area contributed by atoms with Crippen molar-refractivity contribution >= 4 is 35.1 Å². The number of anilines is 1. The molecule has 1 aliphatic rings. The molecule has 3 rings (SSSR count). The van der Waals surface area contributed by atoms with Gasteiger partial charge in [-0.25, -0.2) is 4.79 Å². The number of nitrogens with one attached hydrogen (secondary N) is 2. The SMILES string of the molecule is CC(C)c1ccc(NC(=O)CN2C(=O)NC(C)(c3ccc(Cl)cc3)C2=O)cc1. The Morgan fingerprint density at radius 3 is 2.29 bits per heavy atom. The molecule has 1 unspecified atom stereocenters. The summed E-state index contributed by atoms with van der Waals surface area (Å²) in [5, 5.41) is 5.92. The number of hydrogen-bond acceptors (Lipinski definition) is 3. The van der Waals surface area contributed by atoms with Crippen LogP contribution in [-0.4, -0.2) is 29.3 Å². The highest BCUT2D eigenvalue weighted by atomic mass is 35.5. The molecule has 1 fully saturated rings. The number of carbonyl (C=O) groups excluding carboxylic acids is 3. The van der Waals surface area contributed by atoms with E-state index in [9.17, 15) is 14.4 Å². The largest absolute Gasteiger partial charge is 0.325 e. The number of imide groups is 1. The van der Waals surface area contributed by atoms with Crippen LogP contribution >= 0.6 is 11.6 Å². The van der Waals surface area contributed by atoms with Crippen molar-refractivity contribution in [2.45, 2.75) is 32.2 Å². The number of amides is 4. The Labute approximate surface area is 168 Å². The molecule has 28 heavy (non-hydrogen) atoms. The molecule has 0 spiro atoms.